The SMILES string of the molecule is O=C1C(=O)N(Cc2ccc(F)cc2)C(c2cccnc2)/C1=C(/O)c1c[nH]c2ccccc12. The molecule has 0 saturated carbocycles. The Morgan fingerprint density at radius 3 is 2.59 bits per heavy atom. The van der Waals surface area contributed by atoms with E-state index in [1.54, 1.807) is 42.9 Å². The maximum Gasteiger partial charge on any atom is 0.295 e. The lowest BCUT2D eigenvalue weighted by molar-refractivity contribution is -0.140. The topological polar surface area (TPSA) is 86.3 Å². The summed E-state index contributed by atoms with van der Waals surface area (Å²) >= 11 is 0. The lowest BCUT2D eigenvalue weighted by atomic mass is 9.96. The van der Waals surface area contributed by atoms with E-state index in [0.29, 0.717) is 16.7 Å². The van der Waals surface area contributed by atoms with Gasteiger partial charge in [0.25, 0.3) is 11.7 Å². The molecular weight excluding hydrogens is 409 g/mol. The van der Waals surface area contributed by atoms with Crippen molar-refractivity contribution in [3.8, 4) is 0 Å². The fourth-order valence-corrected chi connectivity index (χ4v) is 4.13. The first-order valence-electron chi connectivity index (χ1n) is 10.0. The molecular formula is C25H18FN3O3. The van der Waals surface area contributed by atoms with E-state index in [1.165, 1.54) is 17.0 Å². The Morgan fingerprint density at radius 2 is 1.84 bits per heavy atom. The highest BCUT2D eigenvalue weighted by molar-refractivity contribution is 6.46. The molecule has 1 unspecified atom stereocenters. The van der Waals surface area contributed by atoms with Crippen molar-refractivity contribution in [3.63, 3.8) is 0 Å². The normalized spacial score (nSPS) is 17.9. The van der Waals surface area contributed by atoms with Crippen molar-refractivity contribution in [2.45, 2.75) is 12.6 Å². The number of halogens is 1. The minimum atomic E-state index is -0.831. The number of aliphatic hydroxyl groups is 1. The lowest BCUT2D eigenvalue weighted by Gasteiger charge is -2.25. The van der Waals surface area contributed by atoms with Crippen LogP contribution in [0.4, 0.5) is 4.39 Å². The van der Waals surface area contributed by atoms with Gasteiger partial charge in [-0.3, -0.25) is 14.6 Å². The third-order valence-corrected chi connectivity index (χ3v) is 5.65. The van der Waals surface area contributed by atoms with Crippen LogP contribution in [0.2, 0.25) is 0 Å². The van der Waals surface area contributed by atoms with Gasteiger partial charge < -0.3 is 15.0 Å². The maximum absolute atomic E-state index is 13.3. The number of hydrogen-bond donors (Lipinski definition) is 2. The highest BCUT2D eigenvalue weighted by Crippen LogP contribution is 2.41. The number of aromatic amines is 1. The highest BCUT2D eigenvalue weighted by atomic mass is 19.1. The average molecular weight is 427 g/mol. The van der Waals surface area contributed by atoms with Gasteiger partial charge in [-0.05, 0) is 35.4 Å². The maximum atomic E-state index is 13.3. The number of ketones is 1. The number of rotatable bonds is 4. The van der Waals surface area contributed by atoms with E-state index in [1.807, 2.05) is 24.3 Å². The van der Waals surface area contributed by atoms with E-state index in [-0.39, 0.29) is 23.7 Å². The molecule has 2 aromatic heterocycles. The lowest BCUT2D eigenvalue weighted by Crippen LogP contribution is -2.29. The first-order valence-corrected chi connectivity index (χ1v) is 10.0. The van der Waals surface area contributed by atoms with Crippen LogP contribution in [0.15, 0.2) is 84.8 Å². The Hall–Kier alpha value is -4.26. The predicted octanol–water partition coefficient (Wildman–Crippen LogP) is 4.32. The molecule has 0 spiro atoms. The number of Topliss-reactive ketones (excluding diaryl/α,β-unsaturated/α-hetero) is 1. The van der Waals surface area contributed by atoms with Gasteiger partial charge in [-0.2, -0.15) is 0 Å². The quantitative estimate of drug-likeness (QED) is 0.288. The number of fused-ring (bicyclic) bond motifs is 1. The highest BCUT2D eigenvalue weighted by Gasteiger charge is 2.46. The average Bonchev–Trinajstić information content (AvgIpc) is 3.35. The summed E-state index contributed by atoms with van der Waals surface area (Å²) in [6.07, 6.45) is 4.78. The van der Waals surface area contributed by atoms with Crippen LogP contribution in [0.5, 0.6) is 0 Å². The van der Waals surface area contributed by atoms with Crippen LogP contribution in [0.25, 0.3) is 16.7 Å². The van der Waals surface area contributed by atoms with Gasteiger partial charge in [-0.25, -0.2) is 4.39 Å². The zero-order valence-electron chi connectivity index (χ0n) is 16.8. The summed E-state index contributed by atoms with van der Waals surface area (Å²) in [5.41, 5.74) is 2.49. The molecule has 0 bridgehead atoms. The van der Waals surface area contributed by atoms with Crippen molar-refractivity contribution in [1.82, 2.24) is 14.9 Å². The molecule has 4 aromatic rings. The molecule has 32 heavy (non-hydrogen) atoms. The van der Waals surface area contributed by atoms with E-state index in [4.69, 9.17) is 0 Å². The van der Waals surface area contributed by atoms with Gasteiger partial charge in [0.15, 0.2) is 0 Å². The minimum Gasteiger partial charge on any atom is -0.507 e. The number of aromatic nitrogens is 2. The van der Waals surface area contributed by atoms with Crippen LogP contribution in [0.3, 0.4) is 0 Å². The van der Waals surface area contributed by atoms with Crippen molar-refractivity contribution in [2.75, 3.05) is 0 Å². The second-order valence-corrected chi connectivity index (χ2v) is 7.59. The molecule has 1 fully saturated rings. The monoisotopic (exact) mass is 427 g/mol. The van der Waals surface area contributed by atoms with Crippen molar-refractivity contribution in [1.29, 1.82) is 0 Å². The number of para-hydroxylation sites is 1. The van der Waals surface area contributed by atoms with Crippen LogP contribution in [-0.2, 0) is 16.1 Å². The van der Waals surface area contributed by atoms with Crippen molar-refractivity contribution in [3.05, 3.63) is 107 Å². The first kappa shape index (κ1) is 19.7. The number of benzene rings is 2. The van der Waals surface area contributed by atoms with Gasteiger partial charge in [0.1, 0.15) is 11.6 Å². The number of hydrogen-bond acceptors (Lipinski definition) is 4. The molecule has 7 heteroatoms. The third kappa shape index (κ3) is 3.24. The minimum absolute atomic E-state index is 0.00475. The number of likely N-dealkylation sites (tertiary alicyclic amines) is 1. The largest absolute Gasteiger partial charge is 0.507 e. The smallest absolute Gasteiger partial charge is 0.295 e. The van der Waals surface area contributed by atoms with Gasteiger partial charge in [0.05, 0.1) is 11.6 Å². The number of amides is 1. The van der Waals surface area contributed by atoms with Crippen LogP contribution in [-0.4, -0.2) is 31.7 Å². The number of H-pyrrole nitrogens is 1. The summed E-state index contributed by atoms with van der Waals surface area (Å²) in [5.74, 6) is -2.15. The van der Waals surface area contributed by atoms with E-state index < -0.39 is 17.7 Å². The summed E-state index contributed by atoms with van der Waals surface area (Å²) in [6.45, 7) is 0.0785. The molecule has 2 aromatic carbocycles. The molecule has 0 radical (unpaired) electrons. The summed E-state index contributed by atoms with van der Waals surface area (Å²) in [5, 5.41) is 12.0. The second kappa shape index (κ2) is 7.77. The van der Waals surface area contributed by atoms with Crippen molar-refractivity contribution in [2.24, 2.45) is 0 Å². The standard InChI is InChI=1S/C25H18FN3O3/c26-17-9-7-15(8-10-17)14-29-22(16-4-3-11-27-12-16)21(24(31)25(29)32)23(30)19-13-28-20-6-2-1-5-18(19)20/h1-13,22,28,30H,14H2/b23-21-. The van der Waals surface area contributed by atoms with Crippen LogP contribution in [0, 0.1) is 5.82 Å². The van der Waals surface area contributed by atoms with Crippen molar-refractivity contribution >= 4 is 28.4 Å². The second-order valence-electron chi connectivity index (χ2n) is 7.59. The molecule has 1 atom stereocenters. The Kier molecular flexibility index (Phi) is 4.78. The van der Waals surface area contributed by atoms with Crippen LogP contribution in [0.1, 0.15) is 22.7 Å². The summed E-state index contributed by atoms with van der Waals surface area (Å²) in [6, 6.07) is 15.7. The van der Waals surface area contributed by atoms with Crippen molar-refractivity contribution < 1.29 is 19.1 Å². The number of carbonyl (C=O) groups is 2. The van der Waals surface area contributed by atoms with Crippen LogP contribution < -0.4 is 0 Å². The summed E-state index contributed by atoms with van der Waals surface area (Å²) < 4.78 is 13.3. The van der Waals surface area contributed by atoms with Gasteiger partial charge in [0.2, 0.25) is 0 Å². The molecule has 1 saturated heterocycles. The summed E-state index contributed by atoms with van der Waals surface area (Å²) in [4.78, 5) is 34.7. The molecule has 1 aliphatic heterocycles. The van der Waals surface area contributed by atoms with E-state index in [2.05, 4.69) is 9.97 Å². The molecule has 3 heterocycles. The predicted molar refractivity (Wildman–Crippen MR) is 117 cm³/mol. The van der Waals surface area contributed by atoms with Gasteiger partial charge >= 0.3 is 0 Å². The van der Waals surface area contributed by atoms with E-state index in [0.717, 1.165) is 10.9 Å². The molecule has 1 amide bonds. The third-order valence-electron chi connectivity index (χ3n) is 5.65. The molecule has 6 nitrogen and oxygen atoms in total. The Labute approximate surface area is 182 Å². The number of aliphatic hydroxyl groups excluding tert-OH is 1. The van der Waals surface area contributed by atoms with Crippen LogP contribution >= 0.6 is 0 Å². The van der Waals surface area contributed by atoms with E-state index in [9.17, 15) is 19.1 Å². The summed E-state index contributed by atoms with van der Waals surface area (Å²) in [7, 11) is 0. The first-order chi connectivity index (χ1) is 15.5. The number of nitrogens with one attached hydrogen (secondary N) is 1. The number of pyridine rings is 1. The van der Waals surface area contributed by atoms with Gasteiger partial charge in [-0.15, -0.1) is 0 Å². The Bertz CT molecular complexity index is 1360. The van der Waals surface area contributed by atoms with Gasteiger partial charge in [-0.1, -0.05) is 36.4 Å². The molecule has 0 aliphatic carbocycles. The molecule has 1 aliphatic rings. The van der Waals surface area contributed by atoms with Gasteiger partial charge in [0, 0.05) is 41.6 Å². The number of nitrogens with zero attached hydrogens (tertiary/aromatic N) is 2. The molecule has 158 valence electrons. The Morgan fingerprint density at radius 1 is 1.06 bits per heavy atom. The molecule has 5 rings (SSSR count). The fourth-order valence-electron chi connectivity index (χ4n) is 4.13. The zero-order chi connectivity index (χ0) is 22.2. The molecule has 2 N–H and O–H groups in total. The zero-order valence-corrected chi connectivity index (χ0v) is 16.8. The Balaban J connectivity index is 1.67. The number of carbonyl (C=O) groups excluding carboxylic acids is 2. The van der Waals surface area contributed by atoms with E-state index >= 15 is 0 Å². The fraction of sp³-hybridized carbons (Fsp3) is 0.0800.